The molecule has 22 heteroatoms. The summed E-state index contributed by atoms with van der Waals surface area (Å²) in [4.78, 5) is 51.9. The number of nitrogens with zero attached hydrogens (tertiary/aromatic N) is 10. The molecular formula is C45H46ClCoN10O8S2-. The second kappa shape index (κ2) is 23.2. The molecule has 1 unspecified atom stereocenters. The molecule has 18 nitrogen and oxygen atoms in total. The molecule has 1 aliphatic heterocycles. The van der Waals surface area contributed by atoms with Gasteiger partial charge in [-0.25, -0.2) is 0 Å². The Balaban J connectivity index is 0.000000224. The van der Waals surface area contributed by atoms with Crippen LogP contribution in [-0.2, 0) is 31.8 Å². The number of hydrogen-bond acceptors (Lipinski definition) is 15. The Morgan fingerprint density at radius 1 is 0.791 bits per heavy atom. The van der Waals surface area contributed by atoms with Crippen molar-refractivity contribution in [2.45, 2.75) is 60.3 Å². The van der Waals surface area contributed by atoms with E-state index in [-0.39, 0.29) is 76.3 Å². The third-order valence-corrected chi connectivity index (χ3v) is 12.6. The quantitative estimate of drug-likeness (QED) is 0.0662. The SMILES string of the molecule is CC1=CC(=O)C=C(O)C1=NN=c1[n-]cc([N+](=O)[O-])s1.CC1=CC(=O)C=C(O)C1=NN=c1[n-]cc([N+](=O)[O-])s1.CCN(CC)c1ccc(/C=C/C2=[N+](C)c3ccc(Cl)cc3C2(C)CC)c(C)c1.[Co]. The first-order chi connectivity index (χ1) is 31.3. The largest absolute Gasteiger partial charge is 0.506 e. The summed E-state index contributed by atoms with van der Waals surface area (Å²) in [5.41, 5.74) is 8.92. The number of aliphatic hydroxyl groups is 2. The Bertz CT molecular complexity index is 2830. The Hall–Kier alpha value is -6.65. The number of halogens is 1. The monoisotopic (exact) mass is 1010 g/mol. The molecule has 7 rings (SSSR count). The summed E-state index contributed by atoms with van der Waals surface area (Å²) in [5, 5.41) is 55.5. The number of aryl methyl sites for hydroxylation is 1. The van der Waals surface area contributed by atoms with Crippen molar-refractivity contribution in [3.8, 4) is 0 Å². The number of thiazole rings is 2. The van der Waals surface area contributed by atoms with Gasteiger partial charge in [0.15, 0.2) is 17.3 Å². The number of allylic oxidation sites excluding steroid dienone is 7. The molecule has 3 heterocycles. The zero-order valence-electron chi connectivity index (χ0n) is 37.5. The molecule has 0 bridgehead atoms. The van der Waals surface area contributed by atoms with Crippen LogP contribution in [0.15, 0.2) is 122 Å². The van der Waals surface area contributed by atoms with E-state index in [2.05, 4.69) is 124 Å². The van der Waals surface area contributed by atoms with Crippen LogP contribution >= 0.6 is 34.3 Å². The third-order valence-electron chi connectivity index (χ3n) is 10.7. The molecule has 67 heavy (non-hydrogen) atoms. The number of ketones is 2. The molecule has 0 amide bonds. The van der Waals surface area contributed by atoms with Crippen molar-refractivity contribution in [1.82, 2.24) is 9.97 Å². The van der Waals surface area contributed by atoms with Gasteiger partial charge < -0.3 is 35.3 Å². The first-order valence-electron chi connectivity index (χ1n) is 20.3. The van der Waals surface area contributed by atoms with Gasteiger partial charge in [-0.3, -0.25) is 40.0 Å². The Morgan fingerprint density at radius 3 is 1.72 bits per heavy atom. The average molecular weight is 1010 g/mol. The van der Waals surface area contributed by atoms with Crippen LogP contribution in [0.5, 0.6) is 0 Å². The van der Waals surface area contributed by atoms with E-state index < -0.39 is 9.85 Å². The molecule has 3 aliphatic rings. The number of carbonyl (C=O) groups is 2. The van der Waals surface area contributed by atoms with Crippen molar-refractivity contribution in [2.75, 3.05) is 25.0 Å². The van der Waals surface area contributed by atoms with Crippen LogP contribution in [0.25, 0.3) is 6.08 Å². The second-order valence-corrected chi connectivity index (χ2v) is 17.3. The van der Waals surface area contributed by atoms with Gasteiger partial charge in [-0.1, -0.05) is 47.3 Å². The summed E-state index contributed by atoms with van der Waals surface area (Å²) in [5.74, 6) is -1.25. The molecular weight excluding hydrogens is 967 g/mol. The van der Waals surface area contributed by atoms with Crippen molar-refractivity contribution in [3.05, 3.63) is 153 Å². The van der Waals surface area contributed by atoms with E-state index in [1.807, 2.05) is 6.07 Å². The molecule has 1 radical (unpaired) electrons. The maximum absolute atomic E-state index is 11.1. The molecule has 2 N–H and O–H groups in total. The minimum Gasteiger partial charge on any atom is -0.506 e. The summed E-state index contributed by atoms with van der Waals surface area (Å²) < 4.78 is 2.31. The maximum atomic E-state index is 11.1. The first kappa shape index (κ1) is 53.0. The smallest absolute Gasteiger partial charge is 0.319 e. The fraction of sp³-hybridized carbons (Fsp3) is 0.267. The van der Waals surface area contributed by atoms with E-state index in [1.165, 1.54) is 45.9 Å². The third kappa shape index (κ3) is 12.8. The minimum absolute atomic E-state index is 0. The number of aromatic nitrogens is 2. The van der Waals surface area contributed by atoms with Gasteiger partial charge in [0.2, 0.25) is 5.69 Å². The van der Waals surface area contributed by atoms with Gasteiger partial charge in [0.05, 0.1) is 15.3 Å². The van der Waals surface area contributed by atoms with E-state index in [4.69, 9.17) is 11.6 Å². The number of anilines is 1. The van der Waals surface area contributed by atoms with Gasteiger partial charge in [-0.15, -0.1) is 0 Å². The Labute approximate surface area is 408 Å². The summed E-state index contributed by atoms with van der Waals surface area (Å²) in [6.07, 6.45) is 12.4. The Kier molecular flexibility index (Phi) is 18.3. The van der Waals surface area contributed by atoms with Crippen LogP contribution in [-0.4, -0.2) is 73.5 Å². The van der Waals surface area contributed by atoms with Crippen molar-refractivity contribution >= 4 is 90.4 Å². The molecule has 4 aromatic rings. The molecule has 2 aromatic heterocycles. The zero-order chi connectivity index (χ0) is 48.5. The number of rotatable bonds is 10. The van der Waals surface area contributed by atoms with E-state index in [9.17, 15) is 40.0 Å². The summed E-state index contributed by atoms with van der Waals surface area (Å²) in [6, 6.07) is 13.0. The van der Waals surface area contributed by atoms with Gasteiger partial charge in [0.1, 0.15) is 30.0 Å². The fourth-order valence-electron chi connectivity index (χ4n) is 7.03. The van der Waals surface area contributed by atoms with Crippen molar-refractivity contribution in [2.24, 2.45) is 20.4 Å². The number of carbonyl (C=O) groups excluding carboxylic acids is 2. The van der Waals surface area contributed by atoms with Crippen molar-refractivity contribution in [3.63, 3.8) is 0 Å². The van der Waals surface area contributed by atoms with Gasteiger partial charge in [0, 0.05) is 92.4 Å². The first-order valence-corrected chi connectivity index (χ1v) is 22.3. The predicted molar refractivity (Wildman–Crippen MR) is 257 cm³/mol. The van der Waals surface area contributed by atoms with E-state index in [0.29, 0.717) is 11.1 Å². The summed E-state index contributed by atoms with van der Waals surface area (Å²) >= 11 is 7.83. The number of aliphatic hydroxyl groups excluding tert-OH is 2. The van der Waals surface area contributed by atoms with Crippen LogP contribution < -0.4 is 24.5 Å². The number of nitro groups is 2. The van der Waals surface area contributed by atoms with E-state index in [1.54, 1.807) is 13.8 Å². The minimum atomic E-state index is -0.578. The second-order valence-electron chi connectivity index (χ2n) is 14.9. The summed E-state index contributed by atoms with van der Waals surface area (Å²) in [6.45, 7) is 16.4. The van der Waals surface area contributed by atoms with Crippen molar-refractivity contribution < 1.29 is 51.0 Å². The maximum Gasteiger partial charge on any atom is 0.319 e. The molecule has 0 fully saturated rings. The molecule has 2 aromatic carbocycles. The van der Waals surface area contributed by atoms with Crippen LogP contribution in [0.3, 0.4) is 0 Å². The van der Waals surface area contributed by atoms with Gasteiger partial charge >= 0.3 is 10.0 Å². The zero-order valence-corrected chi connectivity index (χ0v) is 41.0. The summed E-state index contributed by atoms with van der Waals surface area (Å²) in [7, 11) is 2.16. The number of benzene rings is 2. The molecule has 1 atom stereocenters. The average Bonchev–Trinajstić information content (AvgIpc) is 3.99. The molecule has 0 spiro atoms. The molecule has 0 saturated carbocycles. The van der Waals surface area contributed by atoms with Crippen molar-refractivity contribution in [1.29, 1.82) is 0 Å². The Morgan fingerprint density at radius 2 is 1.30 bits per heavy atom. The van der Waals surface area contributed by atoms with Gasteiger partial charge in [0.25, 0.3) is 0 Å². The van der Waals surface area contributed by atoms with Crippen LogP contribution in [0.4, 0.5) is 21.4 Å². The van der Waals surface area contributed by atoms with Crippen LogP contribution in [0.2, 0.25) is 5.02 Å². The molecule has 0 saturated heterocycles. The van der Waals surface area contributed by atoms with Gasteiger partial charge in [-0.2, -0.15) is 4.58 Å². The molecule has 2 aliphatic carbocycles. The number of fused-ring (bicyclic) bond motifs is 1. The van der Waals surface area contributed by atoms with E-state index >= 15 is 0 Å². The van der Waals surface area contributed by atoms with Crippen LogP contribution in [0.1, 0.15) is 64.7 Å². The topological polar surface area (TPSA) is 245 Å². The normalized spacial score (nSPS) is 18.3. The number of hydrogen-bond donors (Lipinski definition) is 2. The molecule has 353 valence electrons. The standard InChI is InChI=1S/C25H32ClN2.2C10H8N4O4S.Co/c1-7-25(5)22-17-20(26)12-14-23(22)27(6)24(25)15-11-19-10-13-21(16-18(19)4)28(8-2)9-3;2*1-5-2-6(15)3-7(16)9(5)12-13-10-11-4-8(19-10)14(17)18;/h10-17H,7-9H2,1-6H3;2*2-4H,1H3,(H2,11,13,15,16);/q+1;;;/p-2. The predicted octanol–water partition coefficient (Wildman–Crippen LogP) is 8.28. The fourth-order valence-corrected chi connectivity index (χ4v) is 8.31. The van der Waals surface area contributed by atoms with Gasteiger partial charge in [-0.05, 0) is 113 Å². The van der Waals surface area contributed by atoms with E-state index in [0.717, 1.165) is 71.8 Å². The van der Waals surface area contributed by atoms with Crippen LogP contribution in [0, 0.1) is 27.2 Å².